The summed E-state index contributed by atoms with van der Waals surface area (Å²) in [6.45, 7) is 98.8. The van der Waals surface area contributed by atoms with E-state index in [1.165, 1.54) is 87.1 Å². The summed E-state index contributed by atoms with van der Waals surface area (Å²) in [5, 5.41) is 35.7. The fourth-order valence-electron chi connectivity index (χ4n) is 21.1. The average molecular weight is 2040 g/mol. The van der Waals surface area contributed by atoms with Crippen molar-refractivity contribution in [1.29, 1.82) is 0 Å². The molecule has 0 fully saturated rings. The van der Waals surface area contributed by atoms with Crippen LogP contribution >= 0.6 is 46.4 Å². The normalized spacial score (nSPS) is 21.9. The quantitative estimate of drug-likeness (QED) is 0.0640. The smallest absolute Gasteiger partial charge is 0.146 e. The molecule has 10 nitrogen and oxygen atoms in total. The molecule has 0 radical (unpaired) electrons. The van der Waals surface area contributed by atoms with Gasteiger partial charge in [-0.2, -0.15) is 0 Å². The predicted octanol–water partition coefficient (Wildman–Crippen LogP) is 38.8. The molecule has 0 aromatic heterocycles. The first-order chi connectivity index (χ1) is 67.9. The summed E-state index contributed by atoms with van der Waals surface area (Å²) >= 11 is 24.1. The number of allylic oxidation sites excluding steroid dienone is 10. The Labute approximate surface area is 886 Å². The minimum absolute atomic E-state index is 0.0800. The van der Waals surface area contributed by atoms with Gasteiger partial charge >= 0.3 is 0 Å². The Morgan fingerprint density at radius 2 is 0.662 bits per heavy atom. The number of fused-ring (bicyclic) bond motifs is 10. The molecule has 10 N–H and O–H groups in total. The highest BCUT2D eigenvalue weighted by molar-refractivity contribution is 6.34. The molecule has 145 heavy (non-hydrogen) atoms. The van der Waals surface area contributed by atoms with Crippen molar-refractivity contribution in [2.24, 2.45) is 53.3 Å². The first-order valence-electron chi connectivity index (χ1n) is 51.1. The summed E-state index contributed by atoms with van der Waals surface area (Å²) in [6, 6.07) is 58.9. The second-order valence-corrected chi connectivity index (χ2v) is 45.2. The van der Waals surface area contributed by atoms with E-state index in [0.717, 1.165) is 139 Å². The van der Waals surface area contributed by atoms with Crippen LogP contribution in [-0.4, -0.2) is 0 Å². The third kappa shape index (κ3) is 23.9. The molecular formula is C127H158Cl4F4N10. The molecule has 10 aromatic carbocycles. The van der Waals surface area contributed by atoms with Gasteiger partial charge in [0, 0.05) is 185 Å². The largest absolute Gasteiger partial charge is 0.359 e. The SMILES string of the molecule is C=C1Nc2c(C)cccc2C1C(C)C.C=C1Nc2c(Cl)cccc2C1C(C)C.C=C1Nc2c(F)cccc2C1(C)C(C)C.C=C1Nc2cc(Cl)ccc2C1C(C)C.C=C1Nc2cc(F)ccc2C1(C)C(C)C.C=C1Nc2ccc(Cl)cc2C1C(C)C.C=C1Nc2ccc(F)cc2C1(C)C(C)C.C=C1Nc2cccc(Cl)c2C1C.C=C1Nc2cccc(F)c2C1(C)C(C)C.C=C1Nc2ccccc2C1(C)C(C)C.CCC. The zero-order chi connectivity index (χ0) is 108. The lowest BCUT2D eigenvalue weighted by atomic mass is 9.73. The minimum Gasteiger partial charge on any atom is -0.359 e. The van der Waals surface area contributed by atoms with Crippen LogP contribution in [0.3, 0.4) is 0 Å². The molecule has 10 aromatic rings. The maximum Gasteiger partial charge on any atom is 0.146 e. The minimum atomic E-state index is -0.305. The maximum absolute atomic E-state index is 13.8. The fourth-order valence-corrected chi connectivity index (χ4v) is 22.0. The standard InChI is InChI=1S/4C13H16FN.2C13H17N.3C12H14ClN.C10H10ClN.C3H8/c1-8(2)13(4)9(3)15-12-6-5-10(14)7-11(12)13;1-8(2)13(4)9(3)15-12-7-10(14)5-6-11(12)13;1-8(2)13(4)9(3)15-11-7-5-6-10(14)12(11)13;1-8(2)13(4)9(3)15-12-10(13)6-5-7-11(12)14;1-9(2)13(4)10(3)14-12-8-6-5-7-11(12)13;1-8(2)12-10(4)14-13-9(3)6-5-7-11(12)13;1-7(2)12-8(3)14-11-5-4-9(13)6-10(11)12;1-7(2)12-8(3)14-11-6-9(13)4-5-10(11)12;1-7(2)11-8(3)14-12-9(11)5-4-6-10(12)13;1-6-7(2)12-9-5-3-4-8(11)10(6)9;1-3-2/h4*5-8,15H,3H2,1-2,4H3;5-9,14H,3H2,1-2,4H3;5-8,12,14H,4H2,1-3H3;2*4-7,12,14H,3H2,1-2H3;4-7,11,14H,3H2,1-2H3;3-6,12H,2H2,1H3;3H2,1-2H3. The molecule has 18 heteroatoms. The maximum atomic E-state index is 13.8. The topological polar surface area (TPSA) is 120 Å². The Hall–Kier alpha value is -11.5. The Balaban J connectivity index is 0.000000165. The molecule has 0 aliphatic carbocycles. The monoisotopic (exact) mass is 2040 g/mol. The molecule has 0 spiro atoms. The van der Waals surface area contributed by atoms with Crippen molar-refractivity contribution < 1.29 is 17.6 Å². The van der Waals surface area contributed by atoms with Gasteiger partial charge in [0.1, 0.15) is 23.3 Å². The highest BCUT2D eigenvalue weighted by atomic mass is 35.5. The van der Waals surface area contributed by atoms with Crippen molar-refractivity contribution in [3.8, 4) is 0 Å². The summed E-state index contributed by atoms with van der Waals surface area (Å²) in [5.74, 6) is 5.65. The molecule has 10 unspecified atom stereocenters. The lowest BCUT2D eigenvalue weighted by molar-refractivity contribution is 0.396. The van der Waals surface area contributed by atoms with E-state index in [0.29, 0.717) is 88.5 Å². The Kier molecular flexibility index (Phi) is 37.8. The number of hydrogen-bond acceptors (Lipinski definition) is 10. The van der Waals surface area contributed by atoms with Gasteiger partial charge < -0.3 is 53.2 Å². The van der Waals surface area contributed by atoms with E-state index in [4.69, 9.17) is 46.4 Å². The number of hydrogen-bond donors (Lipinski definition) is 10. The van der Waals surface area contributed by atoms with E-state index >= 15 is 0 Å². The van der Waals surface area contributed by atoms with Crippen LogP contribution in [0.25, 0.3) is 0 Å². The van der Waals surface area contributed by atoms with Crippen LogP contribution < -0.4 is 53.2 Å². The molecule has 0 saturated heterocycles. The molecule has 20 rings (SSSR count). The number of halogens is 8. The van der Waals surface area contributed by atoms with E-state index in [2.05, 4.69) is 354 Å². The Bertz CT molecular complexity index is 6430. The van der Waals surface area contributed by atoms with E-state index in [1.54, 1.807) is 24.3 Å². The van der Waals surface area contributed by atoms with E-state index in [9.17, 15) is 17.6 Å². The molecule has 10 aliphatic rings. The molecule has 0 saturated carbocycles. The highest BCUT2D eigenvalue weighted by Crippen LogP contribution is 2.56. The van der Waals surface area contributed by atoms with Crippen LogP contribution in [0.5, 0.6) is 0 Å². The Morgan fingerprint density at radius 3 is 1.22 bits per heavy atom. The van der Waals surface area contributed by atoms with Gasteiger partial charge in [-0.3, -0.25) is 0 Å². The van der Waals surface area contributed by atoms with Crippen LogP contribution in [0.15, 0.2) is 311 Å². The van der Waals surface area contributed by atoms with Gasteiger partial charge in [-0.05, 0) is 248 Å². The summed E-state index contributed by atoms with van der Waals surface area (Å²) in [6.07, 6.45) is 1.25. The number of aryl methyl sites for hydroxylation is 1. The highest BCUT2D eigenvalue weighted by Gasteiger charge is 2.47. The summed E-state index contributed by atoms with van der Waals surface area (Å²) in [4.78, 5) is 0. The number of nitrogens with one attached hydrogen (secondary N) is 10. The summed E-state index contributed by atoms with van der Waals surface area (Å²) in [5.41, 5.74) is 32.8. The third-order valence-electron chi connectivity index (χ3n) is 31.4. The van der Waals surface area contributed by atoms with Crippen LogP contribution in [-0.2, 0) is 27.1 Å². The van der Waals surface area contributed by atoms with Gasteiger partial charge in [0.05, 0.1) is 16.4 Å². The average Bonchev–Trinajstić information content (AvgIpc) is 1.62. The molecule has 772 valence electrons. The number of para-hydroxylation sites is 4. The molecule has 10 heterocycles. The second kappa shape index (κ2) is 47.5. The summed E-state index contributed by atoms with van der Waals surface area (Å²) in [7, 11) is 0. The zero-order valence-corrected chi connectivity index (χ0v) is 93.8. The van der Waals surface area contributed by atoms with Crippen molar-refractivity contribution in [1.82, 2.24) is 0 Å². The molecule has 10 atom stereocenters. The van der Waals surface area contributed by atoms with Crippen molar-refractivity contribution in [3.63, 3.8) is 0 Å². The molecule has 0 bridgehead atoms. The first kappa shape index (κ1) is 115. The van der Waals surface area contributed by atoms with Gasteiger partial charge in [-0.25, -0.2) is 17.6 Å². The van der Waals surface area contributed by atoms with E-state index < -0.39 is 0 Å². The predicted molar refractivity (Wildman–Crippen MR) is 622 cm³/mol. The zero-order valence-electron chi connectivity index (χ0n) is 90.8. The van der Waals surface area contributed by atoms with Crippen molar-refractivity contribution in [2.45, 2.75) is 250 Å². The number of benzene rings is 10. The Morgan fingerprint density at radius 1 is 0.290 bits per heavy atom. The number of anilines is 10. The fraction of sp³-hybridized carbons (Fsp3) is 0.370. The second-order valence-electron chi connectivity index (χ2n) is 43.5. The molecular weight excluding hydrogens is 1880 g/mol. The van der Waals surface area contributed by atoms with Gasteiger partial charge in [0.15, 0.2) is 0 Å². The first-order valence-corrected chi connectivity index (χ1v) is 52.6. The van der Waals surface area contributed by atoms with E-state index in [-0.39, 0.29) is 50.3 Å². The van der Waals surface area contributed by atoms with Crippen molar-refractivity contribution in [2.75, 3.05) is 53.2 Å². The van der Waals surface area contributed by atoms with E-state index in [1.807, 2.05) is 85.8 Å². The van der Waals surface area contributed by atoms with Crippen LogP contribution in [0.4, 0.5) is 74.4 Å². The van der Waals surface area contributed by atoms with Crippen LogP contribution in [0.1, 0.15) is 277 Å². The van der Waals surface area contributed by atoms with Crippen LogP contribution in [0, 0.1) is 83.5 Å². The number of rotatable bonds is 9. The molecule has 0 amide bonds. The van der Waals surface area contributed by atoms with Gasteiger partial charge in [0.25, 0.3) is 0 Å². The van der Waals surface area contributed by atoms with Gasteiger partial charge in [-0.15, -0.1) is 0 Å². The van der Waals surface area contributed by atoms with Gasteiger partial charge in [0.2, 0.25) is 0 Å². The van der Waals surface area contributed by atoms with Gasteiger partial charge in [-0.1, -0.05) is 349 Å². The lowest BCUT2D eigenvalue weighted by Gasteiger charge is -2.30. The van der Waals surface area contributed by atoms with Crippen molar-refractivity contribution in [3.05, 3.63) is 415 Å². The lowest BCUT2D eigenvalue weighted by Crippen LogP contribution is -2.29. The van der Waals surface area contributed by atoms with Crippen LogP contribution in [0.2, 0.25) is 20.1 Å². The third-order valence-corrected chi connectivity index (χ3v) is 32.5. The summed E-state index contributed by atoms with van der Waals surface area (Å²) < 4.78 is 53.7. The van der Waals surface area contributed by atoms with Crippen molar-refractivity contribution >= 4 is 103 Å². The molecule has 10 aliphatic heterocycles.